The molecule has 0 aliphatic carbocycles. The predicted molar refractivity (Wildman–Crippen MR) is 37.8 cm³/mol. The molecule has 0 amide bonds. The molecule has 0 atom stereocenters. The number of rotatable bonds is 3. The Morgan fingerprint density at radius 3 is 1.67 bits per heavy atom. The van der Waals surface area contributed by atoms with Gasteiger partial charge in [0.15, 0.2) is 0 Å². The van der Waals surface area contributed by atoms with E-state index < -0.39 is 6.28 Å². The summed E-state index contributed by atoms with van der Waals surface area (Å²) in [5.74, 6) is 0. The Morgan fingerprint density at radius 2 is 1.67 bits per heavy atom. The Bertz CT molecular complexity index is 120. The van der Waals surface area contributed by atoms with E-state index in [1.54, 1.807) is 13.8 Å². The quantitative estimate of drug-likeness (QED) is 0.520. The molecular formula is C4H10F2NPSe. The summed E-state index contributed by atoms with van der Waals surface area (Å²) in [5, 5.41) is 0. The molecule has 0 heterocycles. The van der Waals surface area contributed by atoms with Gasteiger partial charge in [0, 0.05) is 0 Å². The molecule has 0 aromatic rings. The predicted octanol–water partition coefficient (Wildman–Crippen LogP) is 2.11. The van der Waals surface area contributed by atoms with Gasteiger partial charge in [-0.15, -0.1) is 0 Å². The summed E-state index contributed by atoms with van der Waals surface area (Å²) in [5.41, 5.74) is 0. The first kappa shape index (κ1) is 9.77. The molecule has 0 saturated heterocycles. The van der Waals surface area contributed by atoms with Crippen LogP contribution in [0.2, 0.25) is 0 Å². The number of halogens is 2. The second-order valence-electron chi connectivity index (χ2n) is 1.57. The van der Waals surface area contributed by atoms with Crippen molar-refractivity contribution in [2.24, 2.45) is 0 Å². The molecule has 5 heteroatoms. The summed E-state index contributed by atoms with van der Waals surface area (Å²) in [6.45, 7) is 4.30. The fourth-order valence-electron chi connectivity index (χ4n) is 0.553. The number of hydrogen-bond donors (Lipinski definition) is 0. The monoisotopic (exact) mass is 221 g/mol. The van der Waals surface area contributed by atoms with Crippen molar-refractivity contribution >= 4 is 21.4 Å². The average molecular weight is 220 g/mol. The molecule has 0 unspecified atom stereocenters. The van der Waals surface area contributed by atoms with Crippen LogP contribution in [0.4, 0.5) is 8.39 Å². The third-order valence-corrected chi connectivity index (χ3v) is 3.74. The number of hydrogen-bond acceptors (Lipinski definition) is 1. The van der Waals surface area contributed by atoms with Crippen LogP contribution >= 0.6 is 6.28 Å². The average Bonchev–Trinajstić information content (AvgIpc) is 1.65. The molecule has 0 aromatic carbocycles. The van der Waals surface area contributed by atoms with Crippen molar-refractivity contribution in [1.29, 1.82) is 0 Å². The molecule has 0 radical (unpaired) electrons. The second-order valence-corrected chi connectivity index (χ2v) is 5.77. The van der Waals surface area contributed by atoms with Crippen LogP contribution in [0.25, 0.3) is 0 Å². The zero-order chi connectivity index (χ0) is 7.49. The maximum atomic E-state index is 12.4. The van der Waals surface area contributed by atoms with Crippen LogP contribution in [0, 0.1) is 0 Å². The zero-order valence-electron chi connectivity index (χ0n) is 5.47. The second kappa shape index (κ2) is 3.82. The van der Waals surface area contributed by atoms with Crippen molar-refractivity contribution in [2.45, 2.75) is 13.8 Å². The normalized spacial score (nSPS) is 12.6. The SMILES string of the molecule is CCN(CC)P(F)(F)=[Se]. The van der Waals surface area contributed by atoms with Crippen LogP contribution in [0.15, 0.2) is 0 Å². The van der Waals surface area contributed by atoms with E-state index in [-0.39, 0.29) is 0 Å². The molecule has 0 fully saturated rings. The fourth-order valence-corrected chi connectivity index (χ4v) is 2.67. The zero-order valence-corrected chi connectivity index (χ0v) is 8.08. The van der Waals surface area contributed by atoms with Gasteiger partial charge >= 0.3 is 61.4 Å². The molecule has 0 spiro atoms. The van der Waals surface area contributed by atoms with E-state index in [0.717, 1.165) is 4.67 Å². The first-order chi connectivity index (χ1) is 4.02. The van der Waals surface area contributed by atoms with Crippen LogP contribution in [0.1, 0.15) is 13.8 Å². The van der Waals surface area contributed by atoms with Crippen LogP contribution in [0.3, 0.4) is 0 Å². The van der Waals surface area contributed by atoms with Crippen LogP contribution in [-0.2, 0) is 0 Å². The van der Waals surface area contributed by atoms with Crippen molar-refractivity contribution in [2.75, 3.05) is 13.1 Å². The summed E-state index contributed by atoms with van der Waals surface area (Å²) in [6.07, 6.45) is -3.82. The topological polar surface area (TPSA) is 3.24 Å². The molecular weight excluding hydrogens is 210 g/mol. The minimum atomic E-state index is -3.82. The molecule has 0 saturated carbocycles. The van der Waals surface area contributed by atoms with Crippen LogP contribution < -0.4 is 0 Å². The summed E-state index contributed by atoms with van der Waals surface area (Å²) >= 11 is 1.92. The Balaban J connectivity index is 3.96. The van der Waals surface area contributed by atoms with Gasteiger partial charge in [-0.2, -0.15) is 0 Å². The summed E-state index contributed by atoms with van der Waals surface area (Å²) < 4.78 is 25.9. The molecule has 1 nitrogen and oxygen atoms in total. The van der Waals surface area contributed by atoms with Gasteiger partial charge in [-0.1, -0.05) is 0 Å². The number of nitrogens with zero attached hydrogens (tertiary/aromatic N) is 1. The van der Waals surface area contributed by atoms with E-state index in [1.165, 1.54) is 0 Å². The summed E-state index contributed by atoms with van der Waals surface area (Å²) in [6, 6.07) is 0. The minimum absolute atomic E-state index is 0.421. The van der Waals surface area contributed by atoms with E-state index in [1.807, 2.05) is 15.1 Å². The van der Waals surface area contributed by atoms with Crippen molar-refractivity contribution in [3.05, 3.63) is 0 Å². The Hall–Kier alpha value is 0.769. The van der Waals surface area contributed by atoms with Gasteiger partial charge in [-0.3, -0.25) is 0 Å². The van der Waals surface area contributed by atoms with Gasteiger partial charge < -0.3 is 0 Å². The van der Waals surface area contributed by atoms with Crippen LogP contribution in [-0.4, -0.2) is 32.9 Å². The van der Waals surface area contributed by atoms with Crippen molar-refractivity contribution in [3.8, 4) is 0 Å². The Morgan fingerprint density at radius 1 is 1.33 bits per heavy atom. The van der Waals surface area contributed by atoms with Crippen LogP contribution in [0.5, 0.6) is 0 Å². The van der Waals surface area contributed by atoms with Gasteiger partial charge in [-0.25, -0.2) is 0 Å². The van der Waals surface area contributed by atoms with E-state index >= 15 is 0 Å². The molecule has 9 heavy (non-hydrogen) atoms. The third-order valence-electron chi connectivity index (χ3n) is 1.06. The third kappa shape index (κ3) is 3.46. The fraction of sp³-hybridized carbons (Fsp3) is 1.00. The molecule has 0 aliphatic rings. The van der Waals surface area contributed by atoms with Gasteiger partial charge in [0.2, 0.25) is 0 Å². The first-order valence-corrected chi connectivity index (χ1v) is 6.51. The van der Waals surface area contributed by atoms with Crippen molar-refractivity contribution in [3.63, 3.8) is 0 Å². The standard InChI is InChI=1S/C4H10F2NPSe/c1-3-7(4-2)8(5,6)9/h3-4H2,1-2H3. The van der Waals surface area contributed by atoms with E-state index in [0.29, 0.717) is 13.1 Å². The molecule has 0 aliphatic heterocycles. The van der Waals surface area contributed by atoms with E-state index in [4.69, 9.17) is 0 Å². The summed E-state index contributed by atoms with van der Waals surface area (Å²) in [7, 11) is 0. The van der Waals surface area contributed by atoms with E-state index in [9.17, 15) is 8.39 Å². The first-order valence-electron chi connectivity index (χ1n) is 2.77. The summed E-state index contributed by atoms with van der Waals surface area (Å²) in [4.78, 5) is 0. The Kier molecular flexibility index (Phi) is 4.15. The van der Waals surface area contributed by atoms with E-state index in [2.05, 4.69) is 0 Å². The maximum absolute atomic E-state index is 12.4. The molecule has 0 rings (SSSR count). The van der Waals surface area contributed by atoms with Gasteiger partial charge in [0.1, 0.15) is 0 Å². The molecule has 56 valence electrons. The molecule has 0 aromatic heterocycles. The molecule has 0 bridgehead atoms. The van der Waals surface area contributed by atoms with Gasteiger partial charge in [0.05, 0.1) is 0 Å². The van der Waals surface area contributed by atoms with Crippen molar-refractivity contribution in [1.82, 2.24) is 4.67 Å². The molecule has 0 N–H and O–H groups in total. The van der Waals surface area contributed by atoms with Gasteiger partial charge in [-0.05, 0) is 0 Å². The van der Waals surface area contributed by atoms with Gasteiger partial charge in [0.25, 0.3) is 0 Å². The van der Waals surface area contributed by atoms with Crippen molar-refractivity contribution < 1.29 is 8.39 Å². The Labute approximate surface area is 61.9 Å².